The Morgan fingerprint density at radius 3 is 2.65 bits per heavy atom. The predicted octanol–water partition coefficient (Wildman–Crippen LogP) is 3.12. The minimum atomic E-state index is -1.16. The van der Waals surface area contributed by atoms with E-state index in [-0.39, 0.29) is 6.73 Å². The highest BCUT2D eigenvalue weighted by Crippen LogP contribution is 2.23. The van der Waals surface area contributed by atoms with E-state index in [0.717, 1.165) is 17.1 Å². The van der Waals surface area contributed by atoms with Gasteiger partial charge in [-0.2, -0.15) is 0 Å². The zero-order chi connectivity index (χ0) is 17.0. The van der Waals surface area contributed by atoms with Crippen molar-refractivity contribution in [2.24, 2.45) is 0 Å². The topological polar surface area (TPSA) is 73.6 Å². The van der Waals surface area contributed by atoms with E-state index in [0.29, 0.717) is 12.4 Å². The van der Waals surface area contributed by atoms with E-state index in [2.05, 4.69) is 24.6 Å². The molecule has 1 atom stereocenters. The first-order chi connectivity index (χ1) is 10.8. The standard InChI is InChI=1S/C16H24N2O4Si/c1-21-14(16(19)20)15-17-12-7-5-6-8-13(12)18(15)11-22-9-10-23(2,3)4/h5-8,14H,9-11H2,1-4H3,(H,19,20). The monoisotopic (exact) mass is 336 g/mol. The Morgan fingerprint density at radius 1 is 1.35 bits per heavy atom. The van der Waals surface area contributed by atoms with Crippen molar-refractivity contribution >= 4 is 25.1 Å². The maximum Gasteiger partial charge on any atom is 0.340 e. The molecule has 0 saturated carbocycles. The number of carboxylic acid groups (broad SMARTS) is 1. The highest BCUT2D eigenvalue weighted by Gasteiger charge is 2.26. The van der Waals surface area contributed by atoms with Crippen molar-refractivity contribution in [1.82, 2.24) is 9.55 Å². The molecule has 2 aromatic rings. The number of para-hydroxylation sites is 2. The number of aromatic nitrogens is 2. The van der Waals surface area contributed by atoms with Crippen LogP contribution in [0.25, 0.3) is 11.0 Å². The van der Waals surface area contributed by atoms with Crippen LogP contribution in [0.5, 0.6) is 0 Å². The van der Waals surface area contributed by atoms with Crippen LogP contribution in [-0.2, 0) is 21.0 Å². The Labute approximate surface area is 137 Å². The summed E-state index contributed by atoms with van der Waals surface area (Å²) in [5.74, 6) is -0.708. The first kappa shape index (κ1) is 17.6. The Morgan fingerprint density at radius 2 is 2.04 bits per heavy atom. The SMILES string of the molecule is COC(C(=O)O)c1nc2ccccc2n1COCC[Si](C)(C)C. The number of nitrogens with zero attached hydrogens (tertiary/aromatic N) is 2. The molecule has 0 amide bonds. The summed E-state index contributed by atoms with van der Waals surface area (Å²) in [5, 5.41) is 9.34. The quantitative estimate of drug-likeness (QED) is 0.592. The minimum Gasteiger partial charge on any atom is -0.479 e. The van der Waals surface area contributed by atoms with E-state index in [1.807, 2.05) is 24.3 Å². The molecule has 0 radical (unpaired) electrons. The third-order valence-corrected chi connectivity index (χ3v) is 5.30. The van der Waals surface area contributed by atoms with Gasteiger partial charge in [0.2, 0.25) is 6.10 Å². The summed E-state index contributed by atoms with van der Waals surface area (Å²) in [4.78, 5) is 15.8. The maximum absolute atomic E-state index is 11.4. The molecule has 2 rings (SSSR count). The van der Waals surface area contributed by atoms with Gasteiger partial charge in [0.15, 0.2) is 5.82 Å². The van der Waals surface area contributed by atoms with Crippen molar-refractivity contribution in [1.29, 1.82) is 0 Å². The number of carbonyl (C=O) groups is 1. The van der Waals surface area contributed by atoms with E-state index >= 15 is 0 Å². The van der Waals surface area contributed by atoms with Gasteiger partial charge in [-0.1, -0.05) is 31.8 Å². The zero-order valence-electron chi connectivity index (χ0n) is 14.1. The van der Waals surface area contributed by atoms with Gasteiger partial charge in [-0.05, 0) is 18.2 Å². The molecule has 126 valence electrons. The summed E-state index contributed by atoms with van der Waals surface area (Å²) < 4.78 is 12.7. The zero-order valence-corrected chi connectivity index (χ0v) is 15.1. The lowest BCUT2D eigenvalue weighted by Gasteiger charge is -2.17. The highest BCUT2D eigenvalue weighted by molar-refractivity contribution is 6.76. The number of hydrogen-bond acceptors (Lipinski definition) is 4. The molecule has 0 fully saturated rings. The van der Waals surface area contributed by atoms with Crippen molar-refractivity contribution in [3.05, 3.63) is 30.1 Å². The molecule has 1 heterocycles. The van der Waals surface area contributed by atoms with Gasteiger partial charge in [0.25, 0.3) is 0 Å². The molecule has 0 bridgehead atoms. The molecule has 0 aliphatic rings. The molecule has 1 aromatic heterocycles. The van der Waals surface area contributed by atoms with Crippen LogP contribution in [-0.4, -0.2) is 42.4 Å². The molecule has 23 heavy (non-hydrogen) atoms. The Hall–Kier alpha value is -1.70. The molecule has 6 nitrogen and oxygen atoms in total. The van der Waals surface area contributed by atoms with Crippen LogP contribution in [0.1, 0.15) is 11.9 Å². The molecule has 0 aliphatic carbocycles. The average Bonchev–Trinajstić information content (AvgIpc) is 2.81. The van der Waals surface area contributed by atoms with Crippen molar-refractivity contribution in [2.45, 2.75) is 38.5 Å². The number of benzene rings is 1. The number of imidazole rings is 1. The number of carboxylic acids is 1. The third-order valence-electron chi connectivity index (χ3n) is 3.60. The van der Waals surface area contributed by atoms with Gasteiger partial charge in [-0.25, -0.2) is 9.78 Å². The lowest BCUT2D eigenvalue weighted by atomic mass is 10.3. The molecule has 0 aliphatic heterocycles. The van der Waals surface area contributed by atoms with E-state index < -0.39 is 20.1 Å². The molecule has 1 N–H and O–H groups in total. The fraction of sp³-hybridized carbons (Fsp3) is 0.500. The summed E-state index contributed by atoms with van der Waals surface area (Å²) >= 11 is 0. The fourth-order valence-corrected chi connectivity index (χ4v) is 3.04. The second-order valence-electron chi connectivity index (χ2n) is 6.69. The van der Waals surface area contributed by atoms with Crippen molar-refractivity contribution < 1.29 is 19.4 Å². The van der Waals surface area contributed by atoms with E-state index in [4.69, 9.17) is 9.47 Å². The largest absolute Gasteiger partial charge is 0.479 e. The van der Waals surface area contributed by atoms with Gasteiger partial charge >= 0.3 is 5.97 Å². The van der Waals surface area contributed by atoms with Crippen molar-refractivity contribution in [2.75, 3.05) is 13.7 Å². The summed E-state index contributed by atoms with van der Waals surface area (Å²) in [7, 11) is 0.208. The third kappa shape index (κ3) is 4.40. The predicted molar refractivity (Wildman–Crippen MR) is 91.2 cm³/mol. The van der Waals surface area contributed by atoms with Gasteiger partial charge in [-0.3, -0.25) is 0 Å². The van der Waals surface area contributed by atoms with Gasteiger partial charge in [0, 0.05) is 21.8 Å². The average molecular weight is 336 g/mol. The normalized spacial score (nSPS) is 13.4. The van der Waals surface area contributed by atoms with Crippen LogP contribution in [0, 0.1) is 0 Å². The highest BCUT2D eigenvalue weighted by atomic mass is 28.3. The van der Waals surface area contributed by atoms with Crippen LogP contribution in [0.2, 0.25) is 25.7 Å². The summed E-state index contributed by atoms with van der Waals surface area (Å²) in [6.07, 6.45) is -1.11. The Bertz CT molecular complexity index is 678. The van der Waals surface area contributed by atoms with Gasteiger partial charge in [-0.15, -0.1) is 0 Å². The first-order valence-corrected chi connectivity index (χ1v) is 11.3. The molecule has 0 spiro atoms. The Balaban J connectivity index is 2.26. The number of fused-ring (bicyclic) bond motifs is 1. The summed E-state index contributed by atoms with van der Waals surface area (Å²) in [6.45, 7) is 7.80. The van der Waals surface area contributed by atoms with Gasteiger partial charge < -0.3 is 19.1 Å². The van der Waals surface area contributed by atoms with E-state index in [9.17, 15) is 9.90 Å². The van der Waals surface area contributed by atoms with Crippen LogP contribution >= 0.6 is 0 Å². The molecular formula is C16H24N2O4Si. The fourth-order valence-electron chi connectivity index (χ4n) is 2.28. The Kier molecular flexibility index (Phi) is 5.56. The molecular weight excluding hydrogens is 312 g/mol. The number of rotatable bonds is 8. The second kappa shape index (κ2) is 7.25. The molecule has 0 saturated heterocycles. The number of hydrogen-bond donors (Lipinski definition) is 1. The van der Waals surface area contributed by atoms with Crippen LogP contribution in [0.3, 0.4) is 0 Å². The molecule has 1 aromatic carbocycles. The van der Waals surface area contributed by atoms with E-state index in [1.165, 1.54) is 7.11 Å². The smallest absolute Gasteiger partial charge is 0.340 e. The van der Waals surface area contributed by atoms with Gasteiger partial charge in [0.05, 0.1) is 11.0 Å². The lowest BCUT2D eigenvalue weighted by Crippen LogP contribution is -2.23. The van der Waals surface area contributed by atoms with Gasteiger partial charge in [0.1, 0.15) is 6.73 Å². The summed E-state index contributed by atoms with van der Waals surface area (Å²) in [5.41, 5.74) is 1.58. The van der Waals surface area contributed by atoms with Crippen LogP contribution in [0.4, 0.5) is 0 Å². The maximum atomic E-state index is 11.4. The number of methoxy groups -OCH3 is 1. The van der Waals surface area contributed by atoms with Crippen molar-refractivity contribution in [3.8, 4) is 0 Å². The van der Waals surface area contributed by atoms with Crippen LogP contribution < -0.4 is 0 Å². The number of aliphatic carboxylic acids is 1. The van der Waals surface area contributed by atoms with E-state index in [1.54, 1.807) is 4.57 Å². The summed E-state index contributed by atoms with van der Waals surface area (Å²) in [6, 6.07) is 8.59. The van der Waals surface area contributed by atoms with Crippen LogP contribution in [0.15, 0.2) is 24.3 Å². The second-order valence-corrected chi connectivity index (χ2v) is 12.3. The number of ether oxygens (including phenoxy) is 2. The molecule has 1 unspecified atom stereocenters. The lowest BCUT2D eigenvalue weighted by molar-refractivity contribution is -0.149. The minimum absolute atomic E-state index is 0.271. The van der Waals surface area contributed by atoms with Crippen molar-refractivity contribution in [3.63, 3.8) is 0 Å². The molecule has 7 heteroatoms. The first-order valence-electron chi connectivity index (χ1n) is 7.62.